The molecule has 0 radical (unpaired) electrons. The summed E-state index contributed by atoms with van der Waals surface area (Å²) in [7, 11) is 0. The van der Waals surface area contributed by atoms with E-state index in [1.54, 1.807) is 48.5 Å². The summed E-state index contributed by atoms with van der Waals surface area (Å²) in [6, 6.07) is 15.7. The molecule has 0 saturated heterocycles. The van der Waals surface area contributed by atoms with Crippen molar-refractivity contribution in [3.63, 3.8) is 0 Å². The van der Waals surface area contributed by atoms with E-state index in [9.17, 15) is 25.4 Å². The number of nitrogens with zero attached hydrogens (tertiary/aromatic N) is 5. The largest absolute Gasteiger partial charge is 0.304 e. The molecule has 30 heavy (non-hydrogen) atoms. The summed E-state index contributed by atoms with van der Waals surface area (Å²) in [5, 5.41) is 37.4. The lowest BCUT2D eigenvalue weighted by atomic mass is 10.2. The summed E-state index contributed by atoms with van der Waals surface area (Å²) in [6.07, 6.45) is 0. The smallest absolute Gasteiger partial charge is 0.267 e. The van der Waals surface area contributed by atoms with E-state index in [1.165, 1.54) is 10.1 Å². The minimum absolute atomic E-state index is 0.00154. The van der Waals surface area contributed by atoms with E-state index >= 15 is 0 Å². The standard InChI is InChI=1S/C18H11Br2N5O5/c19-11-1-5-13(6-2-11)21-18-16(9-15(24(27)28)10-17(18)25(29)30)23(26)22(21)14-7-3-12(20)4-8-14/h1-10,26H. The molecule has 0 atom stereocenters. The summed E-state index contributed by atoms with van der Waals surface area (Å²) in [4.78, 5) is 21.6. The third kappa shape index (κ3) is 3.34. The van der Waals surface area contributed by atoms with E-state index in [4.69, 9.17) is 0 Å². The molecular weight excluding hydrogens is 526 g/mol. The number of benzene rings is 3. The van der Waals surface area contributed by atoms with Gasteiger partial charge in [-0.25, -0.2) is 5.01 Å². The van der Waals surface area contributed by atoms with Crippen LogP contribution < -0.4 is 15.3 Å². The number of halogens is 2. The van der Waals surface area contributed by atoms with Gasteiger partial charge in [-0.05, 0) is 48.5 Å². The van der Waals surface area contributed by atoms with Gasteiger partial charge in [0.05, 0.1) is 27.3 Å². The van der Waals surface area contributed by atoms with Crippen LogP contribution in [0.2, 0.25) is 0 Å². The molecule has 4 rings (SSSR count). The predicted molar refractivity (Wildman–Crippen MR) is 117 cm³/mol. The van der Waals surface area contributed by atoms with Crippen LogP contribution in [0.5, 0.6) is 0 Å². The van der Waals surface area contributed by atoms with Crippen LogP contribution in [0, 0.1) is 20.2 Å². The first-order chi connectivity index (χ1) is 14.3. The van der Waals surface area contributed by atoms with Gasteiger partial charge in [-0.15, -0.1) is 5.17 Å². The Hall–Kier alpha value is -3.22. The fourth-order valence-corrected chi connectivity index (χ4v) is 3.63. The SMILES string of the molecule is O=[N+]([O-])c1cc2c(c([N+](=O)[O-])c1)N(c1ccc(Br)cc1)N(c1ccc(Br)cc1)N2O. The van der Waals surface area contributed by atoms with Crippen molar-refractivity contribution in [1.82, 2.24) is 0 Å². The molecule has 0 unspecified atom stereocenters. The maximum atomic E-state index is 11.8. The number of non-ortho nitro benzene ring substituents is 1. The Labute approximate surface area is 186 Å². The highest BCUT2D eigenvalue weighted by molar-refractivity contribution is 9.10. The summed E-state index contributed by atoms with van der Waals surface area (Å²) in [6.45, 7) is 0. The van der Waals surface area contributed by atoms with Gasteiger partial charge in [0, 0.05) is 15.0 Å². The molecule has 0 aliphatic carbocycles. The first kappa shape index (κ1) is 20.1. The number of hydrogen-bond donors (Lipinski definition) is 1. The van der Waals surface area contributed by atoms with E-state index in [-0.39, 0.29) is 11.4 Å². The van der Waals surface area contributed by atoms with E-state index < -0.39 is 21.2 Å². The molecule has 1 aliphatic heterocycles. The Bertz CT molecular complexity index is 1160. The van der Waals surface area contributed by atoms with E-state index in [0.29, 0.717) is 16.5 Å². The molecule has 0 bridgehead atoms. The highest BCUT2D eigenvalue weighted by Gasteiger charge is 2.42. The van der Waals surface area contributed by atoms with Gasteiger partial charge in [0.2, 0.25) is 0 Å². The highest BCUT2D eigenvalue weighted by Crippen LogP contribution is 2.51. The fraction of sp³-hybridized carbons (Fsp3) is 0. The fourth-order valence-electron chi connectivity index (χ4n) is 3.11. The molecule has 10 nitrogen and oxygen atoms in total. The molecule has 0 saturated carbocycles. The van der Waals surface area contributed by atoms with E-state index in [2.05, 4.69) is 31.9 Å². The number of fused-ring (bicyclic) bond motifs is 1. The van der Waals surface area contributed by atoms with Crippen LogP contribution >= 0.6 is 31.9 Å². The Morgan fingerprint density at radius 2 is 1.33 bits per heavy atom. The van der Waals surface area contributed by atoms with Crippen LogP contribution in [0.3, 0.4) is 0 Å². The van der Waals surface area contributed by atoms with Crippen LogP contribution in [0.25, 0.3) is 0 Å². The Morgan fingerprint density at radius 1 is 0.800 bits per heavy atom. The third-order valence-electron chi connectivity index (χ3n) is 4.39. The van der Waals surface area contributed by atoms with E-state index in [0.717, 1.165) is 21.1 Å². The molecule has 0 spiro atoms. The maximum absolute atomic E-state index is 11.8. The van der Waals surface area contributed by atoms with Crippen molar-refractivity contribution < 1.29 is 15.1 Å². The van der Waals surface area contributed by atoms with Gasteiger partial charge < -0.3 is 0 Å². The van der Waals surface area contributed by atoms with Gasteiger partial charge in [0.1, 0.15) is 5.69 Å². The zero-order valence-electron chi connectivity index (χ0n) is 14.8. The zero-order chi connectivity index (χ0) is 21.6. The molecule has 3 aromatic rings. The second-order valence-electron chi connectivity index (χ2n) is 6.19. The van der Waals surface area contributed by atoms with Crippen LogP contribution in [0.1, 0.15) is 0 Å². The molecule has 152 valence electrons. The molecule has 0 aromatic heterocycles. The molecule has 12 heteroatoms. The lowest BCUT2D eigenvalue weighted by molar-refractivity contribution is -0.393. The number of hydrogen-bond acceptors (Lipinski definition) is 8. The number of anilines is 4. The topological polar surface area (TPSA) is 116 Å². The third-order valence-corrected chi connectivity index (χ3v) is 5.44. The minimum atomic E-state index is -0.743. The summed E-state index contributed by atoms with van der Waals surface area (Å²) in [5.41, 5.74) is -0.151. The summed E-state index contributed by atoms with van der Waals surface area (Å²) in [5.74, 6) is 0. The van der Waals surface area contributed by atoms with Gasteiger partial charge in [0.25, 0.3) is 5.69 Å². The molecule has 3 aromatic carbocycles. The normalized spacial score (nSPS) is 12.8. The molecular formula is C18H11Br2N5O5. The van der Waals surface area contributed by atoms with Crippen molar-refractivity contribution >= 4 is 66.0 Å². The first-order valence-electron chi connectivity index (χ1n) is 8.35. The van der Waals surface area contributed by atoms with Gasteiger partial charge >= 0.3 is 5.69 Å². The second kappa shape index (κ2) is 7.55. The summed E-state index contributed by atoms with van der Waals surface area (Å²) < 4.78 is 1.59. The lowest BCUT2D eigenvalue weighted by Gasteiger charge is -2.33. The molecule has 1 aliphatic rings. The Balaban J connectivity index is 2.00. The van der Waals surface area contributed by atoms with Gasteiger partial charge in [-0.1, -0.05) is 31.9 Å². The lowest BCUT2D eigenvalue weighted by Crippen LogP contribution is -2.45. The van der Waals surface area contributed by atoms with Gasteiger partial charge in [-0.2, -0.15) is 5.12 Å². The summed E-state index contributed by atoms with van der Waals surface area (Å²) >= 11 is 6.69. The monoisotopic (exact) mass is 535 g/mol. The van der Waals surface area contributed by atoms with Crippen LogP contribution in [0.4, 0.5) is 34.1 Å². The van der Waals surface area contributed by atoms with Crippen molar-refractivity contribution in [2.75, 3.05) is 15.3 Å². The molecule has 1 N–H and O–H groups in total. The zero-order valence-corrected chi connectivity index (χ0v) is 18.0. The molecule has 0 fully saturated rings. The molecule has 1 heterocycles. The number of nitro benzene ring substituents is 2. The second-order valence-corrected chi connectivity index (χ2v) is 8.02. The minimum Gasteiger partial charge on any atom is -0.267 e. The van der Waals surface area contributed by atoms with E-state index in [1.807, 2.05) is 0 Å². The van der Waals surface area contributed by atoms with Crippen molar-refractivity contribution in [3.8, 4) is 0 Å². The van der Waals surface area contributed by atoms with Gasteiger partial charge in [-0.3, -0.25) is 25.4 Å². The van der Waals surface area contributed by atoms with Gasteiger partial charge in [0.15, 0.2) is 5.69 Å². The maximum Gasteiger partial charge on any atom is 0.304 e. The van der Waals surface area contributed by atoms with Crippen LogP contribution in [0.15, 0.2) is 69.6 Å². The quantitative estimate of drug-likeness (QED) is 0.333. The van der Waals surface area contributed by atoms with Crippen molar-refractivity contribution in [2.45, 2.75) is 0 Å². The van der Waals surface area contributed by atoms with Crippen LogP contribution in [-0.2, 0) is 0 Å². The number of hydrazine groups is 2. The molecule has 0 amide bonds. The van der Waals surface area contributed by atoms with Crippen LogP contribution in [-0.4, -0.2) is 15.1 Å². The Morgan fingerprint density at radius 3 is 1.83 bits per heavy atom. The van der Waals surface area contributed by atoms with Crippen molar-refractivity contribution in [2.24, 2.45) is 0 Å². The number of rotatable bonds is 4. The average molecular weight is 537 g/mol. The predicted octanol–water partition coefficient (Wildman–Crippen LogP) is 5.71. The first-order valence-corrected chi connectivity index (χ1v) is 9.93. The van der Waals surface area contributed by atoms with Crippen molar-refractivity contribution in [1.29, 1.82) is 0 Å². The van der Waals surface area contributed by atoms with Crippen molar-refractivity contribution in [3.05, 3.63) is 89.8 Å². The highest BCUT2D eigenvalue weighted by atomic mass is 79.9. The average Bonchev–Trinajstić information content (AvgIpc) is 3.01. The number of nitro groups is 2. The Kier molecular flexibility index (Phi) is 5.05.